The van der Waals surface area contributed by atoms with Crippen LogP contribution in [0.25, 0.3) is 0 Å². The van der Waals surface area contributed by atoms with Crippen molar-refractivity contribution < 1.29 is 19.8 Å². The molecule has 1 radical (unpaired) electrons. The third-order valence-corrected chi connectivity index (χ3v) is 3.04. The van der Waals surface area contributed by atoms with Gasteiger partial charge in [0.2, 0.25) is 0 Å². The van der Waals surface area contributed by atoms with Crippen molar-refractivity contribution in [2.24, 2.45) is 0 Å². The Labute approximate surface area is 131 Å². The number of rotatable bonds is 0. The van der Waals surface area contributed by atoms with Gasteiger partial charge in [0.05, 0.1) is 5.56 Å². The van der Waals surface area contributed by atoms with Crippen LogP contribution in [0.4, 0.5) is 0 Å². The summed E-state index contributed by atoms with van der Waals surface area (Å²) in [6.45, 7) is 0. The second-order valence-electron chi connectivity index (χ2n) is 4.06. The first-order valence-corrected chi connectivity index (χ1v) is 5.34. The zero-order valence-electron chi connectivity index (χ0n) is 10.2. The van der Waals surface area contributed by atoms with Crippen LogP contribution in [-0.4, -0.2) is 51.3 Å². The molecule has 0 spiro atoms. The Balaban J connectivity index is 0.00000133. The maximum atomic E-state index is 12.2. The molecule has 0 heterocycles. The number of phenolic OH excluding ortho intramolecular Hbond substituents is 2. The van der Waals surface area contributed by atoms with E-state index in [4.69, 9.17) is 0 Å². The van der Waals surface area contributed by atoms with Crippen molar-refractivity contribution in [3.8, 4) is 11.5 Å². The van der Waals surface area contributed by atoms with Crippen LogP contribution >= 0.6 is 0 Å². The SMILES string of the molecule is O=C1c2ccccc2C(=O)c2c1ccc(O)c2O.[Na]. The summed E-state index contributed by atoms with van der Waals surface area (Å²) in [6, 6.07) is 8.97. The molecule has 0 aliphatic heterocycles. The minimum Gasteiger partial charge on any atom is -0.504 e. The van der Waals surface area contributed by atoms with Crippen LogP contribution in [-0.2, 0) is 0 Å². The van der Waals surface area contributed by atoms with Crippen molar-refractivity contribution in [2.75, 3.05) is 0 Å². The molecule has 2 aromatic rings. The number of hydrogen-bond donors (Lipinski definition) is 2. The molecule has 0 amide bonds. The summed E-state index contributed by atoms with van der Waals surface area (Å²) in [5, 5.41) is 19.1. The van der Waals surface area contributed by atoms with E-state index in [0.29, 0.717) is 5.56 Å². The first kappa shape index (κ1) is 13.8. The molecule has 0 fully saturated rings. The second-order valence-corrected chi connectivity index (χ2v) is 4.06. The van der Waals surface area contributed by atoms with Crippen LogP contribution in [0.3, 0.4) is 0 Å². The molecule has 2 N–H and O–H groups in total. The molecule has 0 aromatic heterocycles. The van der Waals surface area contributed by atoms with Crippen molar-refractivity contribution in [1.29, 1.82) is 0 Å². The number of benzene rings is 2. The van der Waals surface area contributed by atoms with Crippen molar-refractivity contribution in [3.05, 3.63) is 58.7 Å². The van der Waals surface area contributed by atoms with Gasteiger partial charge in [0.25, 0.3) is 0 Å². The molecule has 4 nitrogen and oxygen atoms in total. The Hall–Kier alpha value is -1.62. The fourth-order valence-corrected chi connectivity index (χ4v) is 2.16. The van der Waals surface area contributed by atoms with Gasteiger partial charge >= 0.3 is 0 Å². The van der Waals surface area contributed by atoms with Gasteiger partial charge in [0.1, 0.15) is 0 Å². The molecule has 0 unspecified atom stereocenters. The van der Waals surface area contributed by atoms with Gasteiger partial charge in [-0.05, 0) is 12.1 Å². The maximum absolute atomic E-state index is 12.2. The molecule has 0 atom stereocenters. The van der Waals surface area contributed by atoms with Crippen molar-refractivity contribution >= 4 is 41.1 Å². The van der Waals surface area contributed by atoms with Crippen LogP contribution in [0.5, 0.6) is 11.5 Å². The molecule has 89 valence electrons. The molecule has 0 saturated heterocycles. The molecule has 1 aliphatic carbocycles. The molecule has 1 aliphatic rings. The predicted molar refractivity (Wildman–Crippen MR) is 68.8 cm³/mol. The van der Waals surface area contributed by atoms with Gasteiger partial charge in [-0.2, -0.15) is 0 Å². The van der Waals surface area contributed by atoms with E-state index in [1.54, 1.807) is 18.2 Å². The Morgan fingerprint density at radius 3 is 1.95 bits per heavy atom. The Bertz CT molecular complexity index is 707. The molecule has 0 saturated carbocycles. The van der Waals surface area contributed by atoms with Gasteiger partial charge in [0.15, 0.2) is 23.1 Å². The maximum Gasteiger partial charge on any atom is 0.198 e. The summed E-state index contributed by atoms with van der Waals surface area (Å²) >= 11 is 0. The summed E-state index contributed by atoms with van der Waals surface area (Å²) in [4.78, 5) is 24.4. The van der Waals surface area contributed by atoms with Crippen LogP contribution in [0.15, 0.2) is 36.4 Å². The van der Waals surface area contributed by atoms with E-state index >= 15 is 0 Å². The molecule has 5 heteroatoms. The minimum atomic E-state index is -0.541. The van der Waals surface area contributed by atoms with Crippen LogP contribution in [0, 0.1) is 0 Å². The second kappa shape index (κ2) is 4.81. The first-order valence-electron chi connectivity index (χ1n) is 5.34. The third kappa shape index (κ3) is 1.89. The summed E-state index contributed by atoms with van der Waals surface area (Å²) in [5.41, 5.74) is 0.559. The van der Waals surface area contributed by atoms with Crippen LogP contribution in [0.2, 0.25) is 0 Å². The molecule has 0 bridgehead atoms. The fraction of sp³-hybridized carbons (Fsp3) is 0. The predicted octanol–water partition coefficient (Wildman–Crippen LogP) is 1.49. The number of fused-ring (bicyclic) bond motifs is 2. The normalized spacial score (nSPS) is 12.4. The molecule has 19 heavy (non-hydrogen) atoms. The van der Waals surface area contributed by atoms with E-state index in [0.717, 1.165) is 0 Å². The molecular formula is C14H8NaO4. The van der Waals surface area contributed by atoms with Gasteiger partial charge in [-0.15, -0.1) is 0 Å². The van der Waals surface area contributed by atoms with Crippen molar-refractivity contribution in [2.45, 2.75) is 0 Å². The van der Waals surface area contributed by atoms with Crippen LogP contribution in [0.1, 0.15) is 31.8 Å². The summed E-state index contributed by atoms with van der Waals surface area (Å²) in [5.74, 6) is -1.72. The minimum absolute atomic E-state index is 0. The standard InChI is InChI=1S/C14H8O4.Na/c15-10-6-5-9-11(14(10)18)13(17)8-4-2-1-3-7(8)12(9)16;/h1-6,15,18H;. The van der Waals surface area contributed by atoms with E-state index in [2.05, 4.69) is 0 Å². The molecule has 3 rings (SSSR count). The monoisotopic (exact) mass is 263 g/mol. The summed E-state index contributed by atoms with van der Waals surface area (Å²) < 4.78 is 0. The Morgan fingerprint density at radius 1 is 0.737 bits per heavy atom. The largest absolute Gasteiger partial charge is 0.504 e. The van der Waals surface area contributed by atoms with Crippen molar-refractivity contribution in [1.82, 2.24) is 0 Å². The number of phenols is 2. The van der Waals surface area contributed by atoms with E-state index in [9.17, 15) is 19.8 Å². The van der Waals surface area contributed by atoms with Gasteiger partial charge in [0, 0.05) is 46.2 Å². The first-order chi connectivity index (χ1) is 8.61. The zero-order chi connectivity index (χ0) is 12.9. The average molecular weight is 263 g/mol. The number of aromatic hydroxyl groups is 2. The van der Waals surface area contributed by atoms with E-state index < -0.39 is 17.3 Å². The van der Waals surface area contributed by atoms with Gasteiger partial charge in [-0.3, -0.25) is 9.59 Å². The van der Waals surface area contributed by atoms with E-state index in [1.165, 1.54) is 18.2 Å². The Kier molecular flexibility index (Phi) is 3.49. The summed E-state index contributed by atoms with van der Waals surface area (Å²) in [7, 11) is 0. The molecule has 2 aromatic carbocycles. The van der Waals surface area contributed by atoms with Crippen LogP contribution < -0.4 is 0 Å². The fourth-order valence-electron chi connectivity index (χ4n) is 2.16. The van der Waals surface area contributed by atoms with Gasteiger partial charge in [-0.1, -0.05) is 24.3 Å². The zero-order valence-corrected chi connectivity index (χ0v) is 12.2. The van der Waals surface area contributed by atoms with Gasteiger partial charge in [-0.25, -0.2) is 0 Å². The third-order valence-electron chi connectivity index (χ3n) is 3.04. The number of carbonyl (C=O) groups is 2. The van der Waals surface area contributed by atoms with Crippen molar-refractivity contribution in [3.63, 3.8) is 0 Å². The molecular weight excluding hydrogens is 255 g/mol. The summed E-state index contributed by atoms with van der Waals surface area (Å²) in [6.07, 6.45) is 0. The Morgan fingerprint density at radius 2 is 1.32 bits per heavy atom. The topological polar surface area (TPSA) is 74.6 Å². The quantitative estimate of drug-likeness (QED) is 0.476. The average Bonchev–Trinajstić information content (AvgIpc) is 2.39. The van der Waals surface area contributed by atoms with E-state index in [-0.39, 0.29) is 52.0 Å². The smallest absolute Gasteiger partial charge is 0.198 e. The number of hydrogen-bond acceptors (Lipinski definition) is 4. The van der Waals surface area contributed by atoms with E-state index in [1.807, 2.05) is 0 Å². The number of ketones is 2. The van der Waals surface area contributed by atoms with Gasteiger partial charge < -0.3 is 10.2 Å². The number of carbonyl (C=O) groups excluding carboxylic acids is 2.